The highest BCUT2D eigenvalue weighted by Crippen LogP contribution is 2.43. The smallest absolute Gasteiger partial charge is 0.224 e. The van der Waals surface area contributed by atoms with E-state index in [0.717, 1.165) is 51.0 Å². The lowest BCUT2D eigenvalue weighted by atomic mass is 9.89. The molecule has 3 aromatic rings. The number of anilines is 3. The van der Waals surface area contributed by atoms with E-state index < -0.39 is 17.2 Å². The fourth-order valence-corrected chi connectivity index (χ4v) is 5.34. The van der Waals surface area contributed by atoms with Crippen LogP contribution < -0.4 is 10.6 Å². The van der Waals surface area contributed by atoms with Crippen molar-refractivity contribution in [3.63, 3.8) is 0 Å². The summed E-state index contributed by atoms with van der Waals surface area (Å²) in [4.78, 5) is 13.9. The molecule has 2 heterocycles. The Hall–Kier alpha value is -2.85. The van der Waals surface area contributed by atoms with Gasteiger partial charge in [0.2, 0.25) is 11.9 Å². The molecule has 0 saturated heterocycles. The quantitative estimate of drug-likeness (QED) is 0.401. The van der Waals surface area contributed by atoms with Gasteiger partial charge in [-0.1, -0.05) is 0 Å². The number of nitrogens with one attached hydrogen (secondary N) is 2. The third kappa shape index (κ3) is 5.08. The van der Waals surface area contributed by atoms with Crippen molar-refractivity contribution in [3.8, 4) is 0 Å². The molecule has 188 valence electrons. The van der Waals surface area contributed by atoms with Gasteiger partial charge in [0.1, 0.15) is 17.2 Å². The molecule has 0 amide bonds. The number of aliphatic hydroxyl groups excluding tert-OH is 1. The van der Waals surface area contributed by atoms with Gasteiger partial charge in [0.15, 0.2) is 5.65 Å². The number of benzene rings is 1. The average molecular weight is 487 g/mol. The number of aromatic nitrogens is 4. The predicted molar refractivity (Wildman–Crippen MR) is 130 cm³/mol. The predicted octanol–water partition coefficient (Wildman–Crippen LogP) is 4.68. The molecule has 35 heavy (non-hydrogen) atoms. The zero-order valence-corrected chi connectivity index (χ0v) is 20.0. The van der Waals surface area contributed by atoms with Crippen LogP contribution in [0.1, 0.15) is 64.8 Å². The van der Waals surface area contributed by atoms with Crippen LogP contribution in [0.2, 0.25) is 0 Å². The van der Waals surface area contributed by atoms with Crippen LogP contribution in [0.5, 0.6) is 0 Å². The molecule has 2 aromatic heterocycles. The second kappa shape index (κ2) is 9.31. The number of halogens is 2. The minimum absolute atomic E-state index is 0.00462. The zero-order chi connectivity index (χ0) is 24.7. The highest BCUT2D eigenvalue weighted by molar-refractivity contribution is 5.76. The van der Waals surface area contributed by atoms with E-state index >= 15 is 0 Å². The van der Waals surface area contributed by atoms with Crippen LogP contribution in [-0.2, 0) is 0 Å². The monoisotopic (exact) mass is 486 g/mol. The lowest BCUT2D eigenvalue weighted by molar-refractivity contribution is 0.0186. The fourth-order valence-electron chi connectivity index (χ4n) is 5.34. The fraction of sp³-hybridized carbons (Fsp3) is 0.560. The average Bonchev–Trinajstić information content (AvgIpc) is 3.41. The Bertz CT molecular complexity index is 1200. The molecule has 2 saturated carbocycles. The van der Waals surface area contributed by atoms with E-state index in [0.29, 0.717) is 23.1 Å². The lowest BCUT2D eigenvalue weighted by Crippen LogP contribution is -2.29. The summed E-state index contributed by atoms with van der Waals surface area (Å²) in [6, 6.07) is 3.55. The van der Waals surface area contributed by atoms with E-state index in [-0.39, 0.29) is 29.8 Å². The molecule has 0 unspecified atom stereocenters. The highest BCUT2D eigenvalue weighted by Gasteiger charge is 2.37. The molecule has 5 rings (SSSR count). The normalized spacial score (nSPS) is 25.2. The Labute approximate surface area is 202 Å². The second-order valence-electron chi connectivity index (χ2n) is 10.4. The van der Waals surface area contributed by atoms with Gasteiger partial charge in [-0.05, 0) is 76.8 Å². The SMILES string of the molecule is CC(C)(O)[C@H]1CC[C@@H](n2c(Nc3ccc(F)cc3F)nc3cnc(N[C@H]4CC[C@H](O)CC4)nc32)C1. The zero-order valence-electron chi connectivity index (χ0n) is 20.0. The summed E-state index contributed by atoms with van der Waals surface area (Å²) in [6.07, 6.45) is 6.96. The Kier molecular flexibility index (Phi) is 6.35. The molecule has 2 fully saturated rings. The second-order valence-corrected chi connectivity index (χ2v) is 10.4. The van der Waals surface area contributed by atoms with Crippen LogP contribution in [0.15, 0.2) is 24.4 Å². The first kappa shape index (κ1) is 23.9. The highest BCUT2D eigenvalue weighted by atomic mass is 19.1. The van der Waals surface area contributed by atoms with E-state index in [1.165, 1.54) is 12.1 Å². The minimum Gasteiger partial charge on any atom is -0.393 e. The summed E-state index contributed by atoms with van der Waals surface area (Å²) >= 11 is 0. The minimum atomic E-state index is -0.810. The van der Waals surface area contributed by atoms with Gasteiger partial charge in [0.05, 0.1) is 23.6 Å². The maximum atomic E-state index is 14.4. The van der Waals surface area contributed by atoms with Crippen LogP contribution >= 0.6 is 0 Å². The molecule has 2 aliphatic rings. The van der Waals surface area contributed by atoms with Crippen molar-refractivity contribution in [2.24, 2.45) is 5.92 Å². The van der Waals surface area contributed by atoms with Crippen molar-refractivity contribution < 1.29 is 19.0 Å². The molecule has 0 spiro atoms. The van der Waals surface area contributed by atoms with Gasteiger partial charge in [-0.3, -0.25) is 4.57 Å². The van der Waals surface area contributed by atoms with Crippen molar-refractivity contribution in [2.45, 2.75) is 82.6 Å². The number of nitrogens with zero attached hydrogens (tertiary/aromatic N) is 4. The van der Waals surface area contributed by atoms with Crippen LogP contribution in [0.3, 0.4) is 0 Å². The molecule has 8 nitrogen and oxygen atoms in total. The van der Waals surface area contributed by atoms with Gasteiger partial charge in [-0.25, -0.2) is 18.7 Å². The molecule has 0 aliphatic heterocycles. The standard InChI is InChI=1S/C25H32F2N6O2/c1-25(2,35)14-3-7-17(11-14)33-22-21(31-24(33)30-20-10-4-15(26)12-19(20)27)13-28-23(32-22)29-16-5-8-18(34)9-6-16/h4,10,12-14,16-18,34-35H,3,5-9,11H2,1-2H3,(H,30,31)(H,28,29,32)/t14-,16-,17+,18-/m0/s1. The first-order valence-electron chi connectivity index (χ1n) is 12.3. The van der Waals surface area contributed by atoms with Crippen LogP contribution in [0, 0.1) is 17.6 Å². The Morgan fingerprint density at radius 3 is 2.51 bits per heavy atom. The molecular formula is C25H32F2N6O2. The third-order valence-electron chi connectivity index (χ3n) is 7.41. The summed E-state index contributed by atoms with van der Waals surface area (Å²) < 4.78 is 29.8. The van der Waals surface area contributed by atoms with Gasteiger partial charge in [-0.2, -0.15) is 4.98 Å². The number of hydrogen-bond acceptors (Lipinski definition) is 7. The molecule has 2 aliphatic carbocycles. The first-order chi connectivity index (χ1) is 16.7. The Morgan fingerprint density at radius 2 is 1.83 bits per heavy atom. The van der Waals surface area contributed by atoms with E-state index in [1.807, 2.05) is 18.4 Å². The van der Waals surface area contributed by atoms with Crippen LogP contribution in [-0.4, -0.2) is 47.5 Å². The number of rotatable bonds is 6. The number of imidazole rings is 1. The van der Waals surface area contributed by atoms with E-state index in [4.69, 9.17) is 4.98 Å². The number of fused-ring (bicyclic) bond motifs is 1. The molecule has 4 N–H and O–H groups in total. The van der Waals surface area contributed by atoms with E-state index in [1.54, 1.807) is 6.20 Å². The molecule has 0 bridgehead atoms. The van der Waals surface area contributed by atoms with Crippen molar-refractivity contribution >= 4 is 28.7 Å². The largest absolute Gasteiger partial charge is 0.393 e. The molecule has 10 heteroatoms. The van der Waals surface area contributed by atoms with Crippen molar-refractivity contribution in [1.82, 2.24) is 19.5 Å². The third-order valence-corrected chi connectivity index (χ3v) is 7.41. The van der Waals surface area contributed by atoms with Crippen molar-refractivity contribution in [2.75, 3.05) is 10.6 Å². The lowest BCUT2D eigenvalue weighted by Gasteiger charge is -2.26. The summed E-state index contributed by atoms with van der Waals surface area (Å²) in [5.41, 5.74) is 0.484. The Balaban J connectivity index is 1.50. The first-order valence-corrected chi connectivity index (χ1v) is 12.3. The van der Waals surface area contributed by atoms with E-state index in [2.05, 4.69) is 20.6 Å². The van der Waals surface area contributed by atoms with Crippen LogP contribution in [0.4, 0.5) is 26.4 Å². The van der Waals surface area contributed by atoms with Gasteiger partial charge in [0, 0.05) is 18.2 Å². The maximum Gasteiger partial charge on any atom is 0.224 e. The van der Waals surface area contributed by atoms with Crippen molar-refractivity contribution in [3.05, 3.63) is 36.0 Å². The van der Waals surface area contributed by atoms with Gasteiger partial charge >= 0.3 is 0 Å². The summed E-state index contributed by atoms with van der Waals surface area (Å²) in [5, 5.41) is 26.8. The van der Waals surface area contributed by atoms with Gasteiger partial charge in [0.25, 0.3) is 0 Å². The van der Waals surface area contributed by atoms with Gasteiger partial charge < -0.3 is 20.8 Å². The Morgan fingerprint density at radius 1 is 1.06 bits per heavy atom. The maximum absolute atomic E-state index is 14.4. The molecule has 2 atom stereocenters. The molecule has 0 radical (unpaired) electrons. The van der Waals surface area contributed by atoms with Crippen molar-refractivity contribution in [1.29, 1.82) is 0 Å². The topological polar surface area (TPSA) is 108 Å². The summed E-state index contributed by atoms with van der Waals surface area (Å²) in [6.45, 7) is 3.65. The van der Waals surface area contributed by atoms with E-state index in [9.17, 15) is 19.0 Å². The molecule has 1 aromatic carbocycles. The number of hydrogen-bond donors (Lipinski definition) is 4. The van der Waals surface area contributed by atoms with Crippen LogP contribution in [0.25, 0.3) is 11.2 Å². The summed E-state index contributed by atoms with van der Waals surface area (Å²) in [5.74, 6) is -0.372. The summed E-state index contributed by atoms with van der Waals surface area (Å²) in [7, 11) is 0. The number of aliphatic hydroxyl groups is 2. The molecular weight excluding hydrogens is 454 g/mol. The van der Waals surface area contributed by atoms with Gasteiger partial charge in [-0.15, -0.1) is 0 Å².